The molecule has 0 bridgehead atoms. The highest BCUT2D eigenvalue weighted by Crippen LogP contribution is 2.28. The van der Waals surface area contributed by atoms with E-state index in [1.165, 1.54) is 17.3 Å². The first-order valence-electron chi connectivity index (χ1n) is 9.76. The fraction of sp³-hybridized carbons (Fsp3) is 0.318. The van der Waals surface area contributed by atoms with Gasteiger partial charge in [-0.25, -0.2) is 0 Å². The molecular formula is C22H25BrN4OS. The van der Waals surface area contributed by atoms with E-state index in [9.17, 15) is 4.79 Å². The minimum absolute atomic E-state index is 0.0275. The Labute approximate surface area is 184 Å². The summed E-state index contributed by atoms with van der Waals surface area (Å²) in [5.74, 6) is 0.844. The van der Waals surface area contributed by atoms with Gasteiger partial charge in [0.15, 0.2) is 11.0 Å². The van der Waals surface area contributed by atoms with E-state index >= 15 is 0 Å². The van der Waals surface area contributed by atoms with E-state index < -0.39 is 0 Å². The lowest BCUT2D eigenvalue weighted by molar-refractivity contribution is -0.120. The molecule has 0 aliphatic rings. The lowest BCUT2D eigenvalue weighted by atomic mass is 10.1. The van der Waals surface area contributed by atoms with Crippen LogP contribution in [0.4, 0.5) is 0 Å². The molecule has 0 spiro atoms. The molecule has 0 aliphatic carbocycles. The van der Waals surface area contributed by atoms with Gasteiger partial charge < -0.3 is 9.88 Å². The SMILES string of the molecule is CCCNC(=O)C(C)Sc1nnc(-c2ccc(Br)cc2)n1CCc1ccccc1. The zero-order valence-electron chi connectivity index (χ0n) is 16.6. The average Bonchev–Trinajstić information content (AvgIpc) is 3.14. The number of hydrogen-bond acceptors (Lipinski definition) is 4. The quantitative estimate of drug-likeness (QED) is 0.447. The van der Waals surface area contributed by atoms with Gasteiger partial charge in [-0.2, -0.15) is 0 Å². The highest BCUT2D eigenvalue weighted by Gasteiger charge is 2.20. The van der Waals surface area contributed by atoms with E-state index in [0.717, 1.165) is 40.4 Å². The van der Waals surface area contributed by atoms with Crippen molar-refractivity contribution in [1.82, 2.24) is 20.1 Å². The zero-order valence-corrected chi connectivity index (χ0v) is 19.0. The van der Waals surface area contributed by atoms with Crippen LogP contribution < -0.4 is 5.32 Å². The molecule has 7 heteroatoms. The third kappa shape index (κ3) is 5.93. The summed E-state index contributed by atoms with van der Waals surface area (Å²) in [4.78, 5) is 12.3. The number of nitrogens with one attached hydrogen (secondary N) is 1. The van der Waals surface area contributed by atoms with Gasteiger partial charge in [0.25, 0.3) is 0 Å². The number of halogens is 1. The van der Waals surface area contributed by atoms with Crippen molar-refractivity contribution >= 4 is 33.6 Å². The number of thioether (sulfide) groups is 1. The number of nitrogens with zero attached hydrogens (tertiary/aromatic N) is 3. The Hall–Kier alpha value is -2.12. The highest BCUT2D eigenvalue weighted by atomic mass is 79.9. The maximum atomic E-state index is 12.3. The molecule has 0 saturated carbocycles. The molecule has 0 radical (unpaired) electrons. The van der Waals surface area contributed by atoms with Crippen LogP contribution in [0.2, 0.25) is 0 Å². The molecule has 5 nitrogen and oxygen atoms in total. The zero-order chi connectivity index (χ0) is 20.6. The topological polar surface area (TPSA) is 59.8 Å². The minimum Gasteiger partial charge on any atom is -0.355 e. The van der Waals surface area contributed by atoms with Gasteiger partial charge in [0.05, 0.1) is 5.25 Å². The molecule has 1 atom stereocenters. The Kier molecular flexibility index (Phi) is 7.89. The molecule has 1 N–H and O–H groups in total. The fourth-order valence-corrected chi connectivity index (χ4v) is 4.04. The number of aromatic nitrogens is 3. The summed E-state index contributed by atoms with van der Waals surface area (Å²) in [5.41, 5.74) is 2.26. The second-order valence-electron chi connectivity index (χ2n) is 6.75. The molecule has 152 valence electrons. The monoisotopic (exact) mass is 472 g/mol. The summed E-state index contributed by atoms with van der Waals surface area (Å²) in [5, 5.41) is 12.3. The number of carbonyl (C=O) groups is 1. The molecule has 1 heterocycles. The summed E-state index contributed by atoms with van der Waals surface area (Å²) in [6.45, 7) is 5.39. The molecule has 3 rings (SSSR count). The third-order valence-corrected chi connectivity index (χ3v) is 6.10. The van der Waals surface area contributed by atoms with Crippen LogP contribution in [-0.2, 0) is 17.8 Å². The molecule has 0 saturated heterocycles. The number of amides is 1. The summed E-state index contributed by atoms with van der Waals surface area (Å²) in [7, 11) is 0. The Bertz CT molecular complexity index is 928. The van der Waals surface area contributed by atoms with Crippen molar-refractivity contribution in [3.63, 3.8) is 0 Å². The van der Waals surface area contributed by atoms with Gasteiger partial charge in [-0.05, 0) is 37.5 Å². The summed E-state index contributed by atoms with van der Waals surface area (Å²) < 4.78 is 3.14. The van der Waals surface area contributed by atoms with E-state index in [2.05, 4.69) is 48.1 Å². The summed E-state index contributed by atoms with van der Waals surface area (Å²) >= 11 is 4.93. The Morgan fingerprint density at radius 3 is 2.55 bits per heavy atom. The Morgan fingerprint density at radius 2 is 1.86 bits per heavy atom. The molecular weight excluding hydrogens is 448 g/mol. The maximum Gasteiger partial charge on any atom is 0.233 e. The van der Waals surface area contributed by atoms with Crippen molar-refractivity contribution < 1.29 is 4.79 Å². The first-order chi connectivity index (χ1) is 14.1. The Morgan fingerprint density at radius 1 is 1.14 bits per heavy atom. The molecule has 3 aromatic rings. The standard InChI is InChI=1S/C22H25BrN4OS/c1-3-14-24-21(28)16(2)29-22-26-25-20(18-9-11-19(23)12-10-18)27(22)15-13-17-7-5-4-6-8-17/h4-12,16H,3,13-15H2,1-2H3,(H,24,28). The predicted molar refractivity (Wildman–Crippen MR) is 122 cm³/mol. The summed E-state index contributed by atoms with van der Waals surface area (Å²) in [6, 6.07) is 18.4. The normalized spacial score (nSPS) is 12.0. The largest absolute Gasteiger partial charge is 0.355 e. The molecule has 0 aliphatic heterocycles. The molecule has 29 heavy (non-hydrogen) atoms. The molecule has 0 fully saturated rings. The number of carbonyl (C=O) groups excluding carboxylic acids is 1. The van der Waals surface area contributed by atoms with E-state index in [-0.39, 0.29) is 11.2 Å². The lowest BCUT2D eigenvalue weighted by Crippen LogP contribution is -2.31. The number of benzene rings is 2. The van der Waals surface area contributed by atoms with Crippen LogP contribution in [-0.4, -0.2) is 32.5 Å². The second kappa shape index (κ2) is 10.6. The van der Waals surface area contributed by atoms with E-state index in [4.69, 9.17) is 0 Å². The van der Waals surface area contributed by atoms with Crippen molar-refractivity contribution in [2.24, 2.45) is 0 Å². The van der Waals surface area contributed by atoms with Crippen molar-refractivity contribution in [2.45, 2.75) is 43.6 Å². The highest BCUT2D eigenvalue weighted by molar-refractivity contribution is 9.10. The maximum absolute atomic E-state index is 12.3. The van der Waals surface area contributed by atoms with Crippen molar-refractivity contribution in [3.05, 3.63) is 64.6 Å². The first kappa shape index (κ1) is 21.6. The van der Waals surface area contributed by atoms with E-state index in [1.807, 2.05) is 56.3 Å². The van der Waals surface area contributed by atoms with E-state index in [1.54, 1.807) is 0 Å². The lowest BCUT2D eigenvalue weighted by Gasteiger charge is -2.14. The van der Waals surface area contributed by atoms with Gasteiger partial charge in [-0.1, -0.05) is 77.1 Å². The van der Waals surface area contributed by atoms with Crippen LogP contribution in [0, 0.1) is 0 Å². The van der Waals surface area contributed by atoms with E-state index in [0.29, 0.717) is 6.54 Å². The van der Waals surface area contributed by atoms with Gasteiger partial charge in [0, 0.05) is 23.1 Å². The van der Waals surface area contributed by atoms with Crippen molar-refractivity contribution in [1.29, 1.82) is 0 Å². The van der Waals surface area contributed by atoms with Crippen molar-refractivity contribution in [3.8, 4) is 11.4 Å². The van der Waals surface area contributed by atoms with Crippen LogP contribution in [0.15, 0.2) is 64.2 Å². The smallest absolute Gasteiger partial charge is 0.233 e. The number of aryl methyl sites for hydroxylation is 1. The van der Waals surface area contributed by atoms with Gasteiger partial charge in [-0.15, -0.1) is 10.2 Å². The van der Waals surface area contributed by atoms with Crippen LogP contribution in [0.25, 0.3) is 11.4 Å². The van der Waals surface area contributed by atoms with Gasteiger partial charge in [0.2, 0.25) is 5.91 Å². The minimum atomic E-state index is -0.237. The Balaban J connectivity index is 1.84. The van der Waals surface area contributed by atoms with Gasteiger partial charge >= 0.3 is 0 Å². The first-order valence-corrected chi connectivity index (χ1v) is 11.4. The summed E-state index contributed by atoms with van der Waals surface area (Å²) in [6.07, 6.45) is 1.79. The third-order valence-electron chi connectivity index (χ3n) is 4.49. The number of rotatable bonds is 9. The second-order valence-corrected chi connectivity index (χ2v) is 8.98. The molecule has 1 aromatic heterocycles. The van der Waals surface area contributed by atoms with Crippen LogP contribution >= 0.6 is 27.7 Å². The molecule has 2 aromatic carbocycles. The average molecular weight is 473 g/mol. The van der Waals surface area contributed by atoms with Crippen molar-refractivity contribution in [2.75, 3.05) is 6.54 Å². The number of hydrogen-bond donors (Lipinski definition) is 1. The fourth-order valence-electron chi connectivity index (χ4n) is 2.88. The molecule has 1 amide bonds. The van der Waals surface area contributed by atoms with Gasteiger partial charge in [-0.3, -0.25) is 4.79 Å². The van der Waals surface area contributed by atoms with Crippen LogP contribution in [0.3, 0.4) is 0 Å². The van der Waals surface area contributed by atoms with Crippen LogP contribution in [0.1, 0.15) is 25.8 Å². The predicted octanol–water partition coefficient (Wildman–Crippen LogP) is 4.96. The van der Waals surface area contributed by atoms with Gasteiger partial charge in [0.1, 0.15) is 0 Å². The van der Waals surface area contributed by atoms with Crippen LogP contribution in [0.5, 0.6) is 0 Å². The molecule has 1 unspecified atom stereocenters.